The SMILES string of the molecule is Cc1ccc2oc(C(=O)C3(N)CCOCC3)cc2c1. The van der Waals surface area contributed by atoms with Crippen LogP contribution >= 0.6 is 0 Å². The first kappa shape index (κ1) is 12.4. The van der Waals surface area contributed by atoms with Crippen LogP contribution in [-0.4, -0.2) is 24.5 Å². The second kappa shape index (κ2) is 4.47. The van der Waals surface area contributed by atoms with Crippen molar-refractivity contribution < 1.29 is 13.9 Å². The van der Waals surface area contributed by atoms with Gasteiger partial charge in [-0.05, 0) is 38.0 Å². The van der Waals surface area contributed by atoms with E-state index in [-0.39, 0.29) is 5.78 Å². The highest BCUT2D eigenvalue weighted by atomic mass is 16.5. The van der Waals surface area contributed by atoms with Gasteiger partial charge < -0.3 is 14.9 Å². The highest BCUT2D eigenvalue weighted by molar-refractivity contribution is 6.03. The van der Waals surface area contributed by atoms with E-state index in [4.69, 9.17) is 14.9 Å². The summed E-state index contributed by atoms with van der Waals surface area (Å²) in [4.78, 5) is 12.5. The summed E-state index contributed by atoms with van der Waals surface area (Å²) in [6.07, 6.45) is 1.09. The summed E-state index contributed by atoms with van der Waals surface area (Å²) >= 11 is 0. The molecule has 1 fully saturated rings. The van der Waals surface area contributed by atoms with E-state index in [1.165, 1.54) is 0 Å². The number of fused-ring (bicyclic) bond motifs is 1. The number of furan rings is 1. The fourth-order valence-corrected chi connectivity index (χ4v) is 2.48. The zero-order chi connectivity index (χ0) is 13.5. The Labute approximate surface area is 111 Å². The molecule has 2 N–H and O–H groups in total. The zero-order valence-corrected chi connectivity index (χ0v) is 10.9. The van der Waals surface area contributed by atoms with Crippen molar-refractivity contribution in [3.05, 3.63) is 35.6 Å². The highest BCUT2D eigenvalue weighted by Gasteiger charge is 2.38. The lowest BCUT2D eigenvalue weighted by molar-refractivity contribution is 0.0432. The molecule has 0 unspecified atom stereocenters. The molecule has 2 heterocycles. The van der Waals surface area contributed by atoms with Crippen LogP contribution in [-0.2, 0) is 4.74 Å². The van der Waals surface area contributed by atoms with Crippen molar-refractivity contribution in [3.63, 3.8) is 0 Å². The number of ketones is 1. The van der Waals surface area contributed by atoms with E-state index in [9.17, 15) is 4.79 Å². The molecule has 1 aromatic heterocycles. The molecule has 19 heavy (non-hydrogen) atoms. The zero-order valence-electron chi connectivity index (χ0n) is 10.9. The molecule has 1 aliphatic rings. The van der Waals surface area contributed by atoms with Crippen molar-refractivity contribution >= 4 is 16.8 Å². The van der Waals surface area contributed by atoms with Crippen molar-refractivity contribution in [2.24, 2.45) is 5.73 Å². The first-order chi connectivity index (χ1) is 9.08. The fraction of sp³-hybridized carbons (Fsp3) is 0.400. The van der Waals surface area contributed by atoms with Crippen LogP contribution in [0.2, 0.25) is 0 Å². The Balaban J connectivity index is 1.97. The Morgan fingerprint density at radius 3 is 2.74 bits per heavy atom. The van der Waals surface area contributed by atoms with Crippen molar-refractivity contribution in [1.82, 2.24) is 0 Å². The summed E-state index contributed by atoms with van der Waals surface area (Å²) in [7, 11) is 0. The molecule has 4 nitrogen and oxygen atoms in total. The lowest BCUT2D eigenvalue weighted by atomic mass is 9.85. The van der Waals surface area contributed by atoms with Gasteiger partial charge in [0.1, 0.15) is 5.58 Å². The molecule has 0 amide bonds. The minimum atomic E-state index is -0.846. The highest BCUT2D eigenvalue weighted by Crippen LogP contribution is 2.27. The minimum absolute atomic E-state index is 0.121. The lowest BCUT2D eigenvalue weighted by Gasteiger charge is -2.30. The van der Waals surface area contributed by atoms with Gasteiger partial charge in [-0.15, -0.1) is 0 Å². The first-order valence-corrected chi connectivity index (χ1v) is 6.50. The molecule has 0 bridgehead atoms. The molecular formula is C15H17NO3. The molecule has 4 heteroatoms. The number of nitrogens with two attached hydrogens (primary N) is 1. The molecular weight excluding hydrogens is 242 g/mol. The summed E-state index contributed by atoms with van der Waals surface area (Å²) < 4.78 is 10.9. The van der Waals surface area contributed by atoms with Crippen LogP contribution in [0.25, 0.3) is 11.0 Å². The third kappa shape index (κ3) is 2.17. The number of ether oxygens (including phenoxy) is 1. The van der Waals surface area contributed by atoms with Crippen LogP contribution in [0.5, 0.6) is 0 Å². The predicted octanol–water partition coefficient (Wildman–Crippen LogP) is 2.43. The number of benzene rings is 1. The van der Waals surface area contributed by atoms with Crippen LogP contribution in [0.15, 0.2) is 28.7 Å². The van der Waals surface area contributed by atoms with Gasteiger partial charge in [-0.1, -0.05) is 11.6 Å². The molecule has 100 valence electrons. The fourth-order valence-electron chi connectivity index (χ4n) is 2.48. The van der Waals surface area contributed by atoms with E-state index in [1.54, 1.807) is 6.07 Å². The standard InChI is InChI=1S/C15H17NO3/c1-10-2-3-12-11(8-10)9-13(19-12)14(17)15(16)4-6-18-7-5-15/h2-3,8-9H,4-7,16H2,1H3. The first-order valence-electron chi connectivity index (χ1n) is 6.50. The number of rotatable bonds is 2. The third-order valence-corrected chi connectivity index (χ3v) is 3.73. The molecule has 0 spiro atoms. The number of Topliss-reactive ketones (excluding diaryl/α,β-unsaturated/α-hetero) is 1. The lowest BCUT2D eigenvalue weighted by Crippen LogP contribution is -2.51. The molecule has 1 saturated heterocycles. The molecule has 0 atom stereocenters. The van der Waals surface area contributed by atoms with Crippen LogP contribution < -0.4 is 5.73 Å². The van der Waals surface area contributed by atoms with Gasteiger partial charge in [0.2, 0.25) is 5.78 Å². The average molecular weight is 259 g/mol. The van der Waals surface area contributed by atoms with Crippen LogP contribution in [0, 0.1) is 6.92 Å². The number of aryl methyl sites for hydroxylation is 1. The summed E-state index contributed by atoms with van der Waals surface area (Å²) in [5.41, 5.74) is 7.22. The monoisotopic (exact) mass is 259 g/mol. The van der Waals surface area contributed by atoms with Gasteiger partial charge >= 0.3 is 0 Å². The maximum atomic E-state index is 12.5. The van der Waals surface area contributed by atoms with E-state index in [2.05, 4.69) is 0 Å². The third-order valence-electron chi connectivity index (χ3n) is 3.73. The van der Waals surface area contributed by atoms with Gasteiger partial charge in [-0.2, -0.15) is 0 Å². The second-order valence-electron chi connectivity index (χ2n) is 5.25. The number of carbonyl (C=O) groups excluding carboxylic acids is 1. The van der Waals surface area contributed by atoms with E-state index in [0.29, 0.717) is 31.8 Å². The Hall–Kier alpha value is -1.65. The van der Waals surface area contributed by atoms with Crippen molar-refractivity contribution in [2.45, 2.75) is 25.3 Å². The predicted molar refractivity (Wildman–Crippen MR) is 72.3 cm³/mol. The van der Waals surface area contributed by atoms with Crippen LogP contribution in [0.1, 0.15) is 29.0 Å². The van der Waals surface area contributed by atoms with E-state index in [0.717, 1.165) is 16.5 Å². The van der Waals surface area contributed by atoms with Crippen molar-refractivity contribution in [1.29, 1.82) is 0 Å². The van der Waals surface area contributed by atoms with E-state index < -0.39 is 5.54 Å². The Morgan fingerprint density at radius 2 is 2.00 bits per heavy atom. The minimum Gasteiger partial charge on any atom is -0.453 e. The molecule has 1 aromatic carbocycles. The second-order valence-corrected chi connectivity index (χ2v) is 5.25. The van der Waals surface area contributed by atoms with E-state index >= 15 is 0 Å². The van der Waals surface area contributed by atoms with Crippen molar-refractivity contribution in [2.75, 3.05) is 13.2 Å². The molecule has 3 rings (SSSR count). The largest absolute Gasteiger partial charge is 0.453 e. The Kier molecular flexibility index (Phi) is 2.92. The summed E-state index contributed by atoms with van der Waals surface area (Å²) in [5, 5.41) is 0.944. The number of hydrogen-bond donors (Lipinski definition) is 1. The molecule has 1 aliphatic heterocycles. The number of hydrogen-bond acceptors (Lipinski definition) is 4. The molecule has 0 saturated carbocycles. The number of carbonyl (C=O) groups is 1. The van der Waals surface area contributed by atoms with Gasteiger partial charge in [0.25, 0.3) is 0 Å². The van der Waals surface area contributed by atoms with E-state index in [1.807, 2.05) is 25.1 Å². The quantitative estimate of drug-likeness (QED) is 0.841. The average Bonchev–Trinajstić information content (AvgIpc) is 2.81. The Bertz CT molecular complexity index is 623. The van der Waals surface area contributed by atoms with Crippen LogP contribution in [0.3, 0.4) is 0 Å². The van der Waals surface area contributed by atoms with Gasteiger partial charge in [0.05, 0.1) is 5.54 Å². The molecule has 0 radical (unpaired) electrons. The smallest absolute Gasteiger partial charge is 0.217 e. The summed E-state index contributed by atoms with van der Waals surface area (Å²) in [6.45, 7) is 3.07. The Morgan fingerprint density at radius 1 is 1.26 bits per heavy atom. The van der Waals surface area contributed by atoms with Gasteiger partial charge in [0, 0.05) is 18.6 Å². The maximum Gasteiger partial charge on any atom is 0.217 e. The summed E-state index contributed by atoms with van der Waals surface area (Å²) in [6, 6.07) is 7.64. The van der Waals surface area contributed by atoms with Gasteiger partial charge in [-0.3, -0.25) is 4.79 Å². The van der Waals surface area contributed by atoms with Gasteiger partial charge in [-0.25, -0.2) is 0 Å². The summed E-state index contributed by atoms with van der Waals surface area (Å²) in [5.74, 6) is 0.231. The van der Waals surface area contributed by atoms with Gasteiger partial charge in [0.15, 0.2) is 5.76 Å². The normalized spacial score (nSPS) is 18.6. The maximum absolute atomic E-state index is 12.5. The topological polar surface area (TPSA) is 65.5 Å². The molecule has 2 aromatic rings. The molecule has 0 aliphatic carbocycles. The van der Waals surface area contributed by atoms with Crippen molar-refractivity contribution in [3.8, 4) is 0 Å². The van der Waals surface area contributed by atoms with Crippen LogP contribution in [0.4, 0.5) is 0 Å².